The van der Waals surface area contributed by atoms with Crippen LogP contribution in [0.2, 0.25) is 0 Å². The van der Waals surface area contributed by atoms with Crippen molar-refractivity contribution in [3.05, 3.63) is 30.3 Å². The van der Waals surface area contributed by atoms with E-state index >= 15 is 0 Å². The number of benzene rings is 1. The second-order valence-electron chi connectivity index (χ2n) is 3.21. The normalized spacial score (nSPS) is 17.2. The van der Waals surface area contributed by atoms with Crippen molar-refractivity contribution >= 4 is 11.9 Å². The summed E-state index contributed by atoms with van der Waals surface area (Å²) in [6, 6.07) is 10.6. The molecule has 1 aromatic rings. The monoisotopic (exact) mass is 160 g/mol. The Kier molecular flexibility index (Phi) is 2.21. The van der Waals surface area contributed by atoms with E-state index < -0.39 is 0 Å². The van der Waals surface area contributed by atoms with Crippen LogP contribution in [0.15, 0.2) is 30.3 Å². The van der Waals surface area contributed by atoms with Gasteiger partial charge in [0.05, 0.1) is 0 Å². The molecule has 0 N–H and O–H groups in total. The second-order valence-corrected chi connectivity index (χ2v) is 3.21. The SMILES string of the molecule is C1=[N+](c2ccccc2)CCCC1. The molecule has 1 aliphatic rings. The largest absolute Gasteiger partial charge is 0.204 e. The van der Waals surface area contributed by atoms with Gasteiger partial charge in [0, 0.05) is 25.0 Å². The zero-order valence-electron chi connectivity index (χ0n) is 7.24. The molecule has 1 heteroatoms. The van der Waals surface area contributed by atoms with Crippen LogP contribution in [0.5, 0.6) is 0 Å². The van der Waals surface area contributed by atoms with Crippen molar-refractivity contribution in [2.24, 2.45) is 0 Å². The highest BCUT2D eigenvalue weighted by Gasteiger charge is 2.10. The minimum absolute atomic E-state index is 1.18. The Balaban J connectivity index is 2.24. The van der Waals surface area contributed by atoms with Crippen molar-refractivity contribution < 1.29 is 4.58 Å². The summed E-state index contributed by atoms with van der Waals surface area (Å²) >= 11 is 0. The number of hydrogen-bond acceptors (Lipinski definition) is 0. The molecule has 0 saturated carbocycles. The van der Waals surface area contributed by atoms with Gasteiger partial charge in [-0.2, -0.15) is 0 Å². The summed E-state index contributed by atoms with van der Waals surface area (Å²) in [5.41, 5.74) is 1.33. The van der Waals surface area contributed by atoms with E-state index in [0.717, 1.165) is 0 Å². The maximum Gasteiger partial charge on any atom is 0.204 e. The van der Waals surface area contributed by atoms with Gasteiger partial charge in [0.2, 0.25) is 5.69 Å². The molecular formula is C11H14N+. The Hall–Kier alpha value is -1.11. The van der Waals surface area contributed by atoms with Crippen LogP contribution in [0.25, 0.3) is 0 Å². The summed E-state index contributed by atoms with van der Waals surface area (Å²) in [5.74, 6) is 0. The van der Waals surface area contributed by atoms with Crippen molar-refractivity contribution in [3.8, 4) is 0 Å². The van der Waals surface area contributed by atoms with Crippen molar-refractivity contribution in [1.82, 2.24) is 0 Å². The van der Waals surface area contributed by atoms with E-state index in [0.29, 0.717) is 0 Å². The van der Waals surface area contributed by atoms with Crippen LogP contribution in [0.3, 0.4) is 0 Å². The Morgan fingerprint density at radius 1 is 1.00 bits per heavy atom. The van der Waals surface area contributed by atoms with Crippen molar-refractivity contribution in [2.45, 2.75) is 19.3 Å². The molecule has 62 valence electrons. The summed E-state index contributed by atoms with van der Waals surface area (Å²) in [5, 5.41) is 0. The molecule has 0 spiro atoms. The number of nitrogens with zero attached hydrogens (tertiary/aromatic N) is 1. The first-order chi connectivity index (χ1) is 5.97. The molecule has 0 atom stereocenters. The molecule has 12 heavy (non-hydrogen) atoms. The first-order valence-corrected chi connectivity index (χ1v) is 4.62. The van der Waals surface area contributed by atoms with Crippen molar-refractivity contribution in [1.29, 1.82) is 0 Å². The molecule has 1 nitrogen and oxygen atoms in total. The highest BCUT2D eigenvalue weighted by Crippen LogP contribution is 2.13. The third-order valence-corrected chi connectivity index (χ3v) is 2.29. The molecule has 0 unspecified atom stereocenters. The lowest BCUT2D eigenvalue weighted by molar-refractivity contribution is -0.441. The molecule has 1 heterocycles. The first kappa shape index (κ1) is 7.53. The zero-order chi connectivity index (χ0) is 8.23. The first-order valence-electron chi connectivity index (χ1n) is 4.62. The van der Waals surface area contributed by atoms with Gasteiger partial charge >= 0.3 is 0 Å². The summed E-state index contributed by atoms with van der Waals surface area (Å²) in [7, 11) is 0. The number of para-hydroxylation sites is 1. The smallest absolute Gasteiger partial charge is 0.203 e. The average molecular weight is 160 g/mol. The Morgan fingerprint density at radius 2 is 1.83 bits per heavy atom. The maximum absolute atomic E-state index is 2.35. The van der Waals surface area contributed by atoms with E-state index in [1.165, 1.54) is 31.5 Å². The fourth-order valence-electron chi connectivity index (χ4n) is 1.62. The quantitative estimate of drug-likeness (QED) is 0.555. The van der Waals surface area contributed by atoms with E-state index in [1.807, 2.05) is 0 Å². The summed E-state index contributed by atoms with van der Waals surface area (Å²) in [6.45, 7) is 1.18. The van der Waals surface area contributed by atoms with Crippen LogP contribution in [0.1, 0.15) is 19.3 Å². The van der Waals surface area contributed by atoms with Crippen LogP contribution in [-0.2, 0) is 0 Å². The predicted molar refractivity (Wildman–Crippen MR) is 51.1 cm³/mol. The molecule has 0 saturated heterocycles. The maximum atomic E-state index is 2.35. The molecule has 0 aromatic heterocycles. The van der Waals surface area contributed by atoms with Gasteiger partial charge in [0.15, 0.2) is 0 Å². The lowest BCUT2D eigenvalue weighted by Gasteiger charge is -2.06. The number of rotatable bonds is 1. The lowest BCUT2D eigenvalue weighted by atomic mass is 10.2. The predicted octanol–water partition coefficient (Wildman–Crippen LogP) is 2.59. The standard InChI is InChI=1S/C11H14N/c1-3-7-11(8-4-1)12-9-5-2-6-10-12/h1,3-4,7-9H,2,5-6,10H2/q+1. The van der Waals surface area contributed by atoms with Crippen molar-refractivity contribution in [2.75, 3.05) is 6.54 Å². The molecular weight excluding hydrogens is 146 g/mol. The molecule has 2 rings (SSSR count). The third kappa shape index (κ3) is 1.55. The fourth-order valence-corrected chi connectivity index (χ4v) is 1.62. The summed E-state index contributed by atoms with van der Waals surface area (Å²) in [6.07, 6.45) is 6.21. The van der Waals surface area contributed by atoms with E-state index in [1.54, 1.807) is 0 Å². The highest BCUT2D eigenvalue weighted by molar-refractivity contribution is 5.54. The summed E-state index contributed by atoms with van der Waals surface area (Å²) < 4.78 is 2.35. The van der Waals surface area contributed by atoms with Crippen LogP contribution in [-0.4, -0.2) is 17.3 Å². The minimum atomic E-state index is 1.18. The molecule has 1 aromatic carbocycles. The van der Waals surface area contributed by atoms with Gasteiger partial charge < -0.3 is 0 Å². The average Bonchev–Trinajstić information content (AvgIpc) is 2.21. The van der Waals surface area contributed by atoms with Gasteiger partial charge in [-0.25, -0.2) is 4.58 Å². The van der Waals surface area contributed by atoms with Gasteiger partial charge in [0.1, 0.15) is 12.8 Å². The van der Waals surface area contributed by atoms with Crippen LogP contribution in [0.4, 0.5) is 5.69 Å². The highest BCUT2D eigenvalue weighted by atomic mass is 15.0. The van der Waals surface area contributed by atoms with Crippen LogP contribution < -0.4 is 0 Å². The van der Waals surface area contributed by atoms with Crippen molar-refractivity contribution in [3.63, 3.8) is 0 Å². The molecule has 0 radical (unpaired) electrons. The Bertz CT molecular complexity index is 274. The second kappa shape index (κ2) is 3.53. The van der Waals surface area contributed by atoms with E-state index in [4.69, 9.17) is 0 Å². The fraction of sp³-hybridized carbons (Fsp3) is 0.364. The Labute approximate surface area is 73.4 Å². The zero-order valence-corrected chi connectivity index (χ0v) is 7.24. The topological polar surface area (TPSA) is 3.01 Å². The van der Waals surface area contributed by atoms with Gasteiger partial charge in [-0.3, -0.25) is 0 Å². The lowest BCUT2D eigenvalue weighted by Crippen LogP contribution is -2.13. The molecule has 0 aliphatic carbocycles. The molecule has 0 bridgehead atoms. The van der Waals surface area contributed by atoms with Gasteiger partial charge in [-0.05, 0) is 6.42 Å². The van der Waals surface area contributed by atoms with E-state index in [9.17, 15) is 0 Å². The van der Waals surface area contributed by atoms with Crippen LogP contribution in [0, 0.1) is 0 Å². The van der Waals surface area contributed by atoms with Gasteiger partial charge in [-0.15, -0.1) is 0 Å². The summed E-state index contributed by atoms with van der Waals surface area (Å²) in [4.78, 5) is 0. The van der Waals surface area contributed by atoms with E-state index in [2.05, 4.69) is 41.1 Å². The number of hydrogen-bond donors (Lipinski definition) is 0. The third-order valence-electron chi connectivity index (χ3n) is 2.29. The minimum Gasteiger partial charge on any atom is -0.203 e. The molecule has 1 aliphatic heterocycles. The van der Waals surface area contributed by atoms with E-state index in [-0.39, 0.29) is 0 Å². The molecule has 0 fully saturated rings. The molecule has 0 amide bonds. The Morgan fingerprint density at radius 3 is 2.50 bits per heavy atom. The van der Waals surface area contributed by atoms with Crippen LogP contribution >= 0.6 is 0 Å². The van der Waals surface area contributed by atoms with Gasteiger partial charge in [-0.1, -0.05) is 18.2 Å². The van der Waals surface area contributed by atoms with Gasteiger partial charge in [0.25, 0.3) is 0 Å².